The Kier molecular flexibility index (Phi) is 5.50. The highest BCUT2D eigenvalue weighted by Gasteiger charge is 2.40. The monoisotopic (exact) mass is 327 g/mol. The third-order valence-corrected chi connectivity index (χ3v) is 5.17. The zero-order valence-corrected chi connectivity index (χ0v) is 14.1. The standard InChI is InChI=1S/C16H25N3O2.ClH/c1-3-13-14(9(2)21-19-13)16(20)18-15-10-5-4-6-11(15)8-12(17)7-10;/h10-12,15H,3-8,17H2,1-2H3,(H,18,20);1H. The summed E-state index contributed by atoms with van der Waals surface area (Å²) in [6.07, 6.45) is 6.40. The zero-order chi connectivity index (χ0) is 15.0. The van der Waals surface area contributed by atoms with E-state index in [1.807, 2.05) is 6.92 Å². The van der Waals surface area contributed by atoms with Crippen molar-refractivity contribution in [3.8, 4) is 0 Å². The van der Waals surface area contributed by atoms with Crippen molar-refractivity contribution in [2.45, 2.75) is 64.5 Å². The number of hydrogen-bond acceptors (Lipinski definition) is 4. The number of halogens is 1. The predicted molar refractivity (Wildman–Crippen MR) is 87.2 cm³/mol. The lowest BCUT2D eigenvalue weighted by atomic mass is 9.67. The highest BCUT2D eigenvalue weighted by atomic mass is 35.5. The fourth-order valence-electron chi connectivity index (χ4n) is 4.20. The van der Waals surface area contributed by atoms with Gasteiger partial charge in [0.2, 0.25) is 0 Å². The van der Waals surface area contributed by atoms with Gasteiger partial charge in [-0.1, -0.05) is 18.5 Å². The molecule has 6 heteroatoms. The van der Waals surface area contributed by atoms with Gasteiger partial charge < -0.3 is 15.6 Å². The molecule has 2 fully saturated rings. The molecule has 1 heterocycles. The number of nitrogens with two attached hydrogens (primary N) is 1. The molecule has 0 saturated heterocycles. The molecule has 5 nitrogen and oxygen atoms in total. The van der Waals surface area contributed by atoms with Gasteiger partial charge in [-0.05, 0) is 50.9 Å². The number of aromatic nitrogens is 1. The molecule has 22 heavy (non-hydrogen) atoms. The van der Waals surface area contributed by atoms with Crippen molar-refractivity contribution >= 4 is 18.3 Å². The van der Waals surface area contributed by atoms with Crippen molar-refractivity contribution in [1.82, 2.24) is 10.5 Å². The number of aryl methyl sites for hydroxylation is 2. The average Bonchev–Trinajstić information content (AvgIpc) is 2.81. The first-order valence-corrected chi connectivity index (χ1v) is 8.11. The Hall–Kier alpha value is -1.07. The summed E-state index contributed by atoms with van der Waals surface area (Å²) in [5.74, 6) is 1.65. The number of carbonyl (C=O) groups excluding carboxylic acids is 1. The molecule has 3 rings (SSSR count). The highest BCUT2D eigenvalue weighted by molar-refractivity contribution is 5.96. The maximum atomic E-state index is 12.6. The third kappa shape index (κ3) is 3.15. The van der Waals surface area contributed by atoms with E-state index in [0.717, 1.165) is 18.5 Å². The van der Waals surface area contributed by atoms with Gasteiger partial charge in [-0.2, -0.15) is 0 Å². The summed E-state index contributed by atoms with van der Waals surface area (Å²) < 4.78 is 5.18. The lowest BCUT2D eigenvalue weighted by molar-refractivity contribution is 0.0754. The maximum Gasteiger partial charge on any atom is 0.257 e. The van der Waals surface area contributed by atoms with Crippen molar-refractivity contribution < 1.29 is 9.32 Å². The Balaban J connectivity index is 0.00000176. The molecular formula is C16H26ClN3O2. The minimum absolute atomic E-state index is 0. The van der Waals surface area contributed by atoms with E-state index < -0.39 is 0 Å². The van der Waals surface area contributed by atoms with E-state index >= 15 is 0 Å². The minimum Gasteiger partial charge on any atom is -0.361 e. The first-order valence-electron chi connectivity index (χ1n) is 8.11. The van der Waals surface area contributed by atoms with Crippen LogP contribution in [0.1, 0.15) is 60.8 Å². The second kappa shape index (κ2) is 7.01. The van der Waals surface area contributed by atoms with Gasteiger partial charge in [0.05, 0.1) is 5.69 Å². The van der Waals surface area contributed by atoms with Gasteiger partial charge in [-0.3, -0.25) is 4.79 Å². The SMILES string of the molecule is CCc1noc(C)c1C(=O)NC1C2CCCC1CC(N)C2.Cl. The number of hydrogen-bond donors (Lipinski definition) is 2. The summed E-state index contributed by atoms with van der Waals surface area (Å²) in [7, 11) is 0. The van der Waals surface area contributed by atoms with Crippen LogP contribution in [0.2, 0.25) is 0 Å². The normalized spacial score (nSPS) is 30.5. The number of fused-ring (bicyclic) bond motifs is 2. The molecular weight excluding hydrogens is 302 g/mol. The van der Waals surface area contributed by atoms with Gasteiger partial charge in [0.1, 0.15) is 11.3 Å². The van der Waals surface area contributed by atoms with Crippen LogP contribution < -0.4 is 11.1 Å². The topological polar surface area (TPSA) is 81.2 Å². The number of carbonyl (C=O) groups is 1. The molecule has 2 atom stereocenters. The minimum atomic E-state index is -0.0250. The summed E-state index contributed by atoms with van der Waals surface area (Å²) in [4.78, 5) is 12.6. The largest absolute Gasteiger partial charge is 0.361 e. The van der Waals surface area contributed by atoms with E-state index in [2.05, 4.69) is 10.5 Å². The van der Waals surface area contributed by atoms with E-state index in [4.69, 9.17) is 10.3 Å². The molecule has 2 aliphatic carbocycles. The van der Waals surface area contributed by atoms with Crippen LogP contribution in [0.5, 0.6) is 0 Å². The summed E-state index contributed by atoms with van der Waals surface area (Å²) in [5.41, 5.74) is 7.53. The fraction of sp³-hybridized carbons (Fsp3) is 0.750. The zero-order valence-electron chi connectivity index (χ0n) is 13.3. The molecule has 0 radical (unpaired) electrons. The molecule has 124 valence electrons. The molecule has 0 spiro atoms. The van der Waals surface area contributed by atoms with Gasteiger partial charge in [0.25, 0.3) is 5.91 Å². The second-order valence-electron chi connectivity index (χ2n) is 6.60. The average molecular weight is 328 g/mol. The van der Waals surface area contributed by atoms with Crippen molar-refractivity contribution in [3.63, 3.8) is 0 Å². The van der Waals surface area contributed by atoms with Gasteiger partial charge in [-0.15, -0.1) is 12.4 Å². The number of amides is 1. The van der Waals surface area contributed by atoms with Crippen molar-refractivity contribution in [2.75, 3.05) is 0 Å². The molecule has 1 amide bonds. The fourth-order valence-corrected chi connectivity index (χ4v) is 4.20. The van der Waals surface area contributed by atoms with Gasteiger partial charge in [-0.25, -0.2) is 0 Å². The smallest absolute Gasteiger partial charge is 0.257 e. The Labute approximate surface area is 137 Å². The Morgan fingerprint density at radius 2 is 2.00 bits per heavy atom. The Morgan fingerprint density at radius 1 is 1.36 bits per heavy atom. The maximum absolute atomic E-state index is 12.6. The van der Waals surface area contributed by atoms with Gasteiger partial charge >= 0.3 is 0 Å². The second-order valence-corrected chi connectivity index (χ2v) is 6.60. The van der Waals surface area contributed by atoms with Crippen LogP contribution in [-0.4, -0.2) is 23.1 Å². The quantitative estimate of drug-likeness (QED) is 0.894. The van der Waals surface area contributed by atoms with Crippen LogP contribution in [0.3, 0.4) is 0 Å². The van der Waals surface area contributed by atoms with Crippen molar-refractivity contribution in [3.05, 3.63) is 17.0 Å². The molecule has 1 aromatic heterocycles. The van der Waals surface area contributed by atoms with Gasteiger partial charge in [0.15, 0.2) is 0 Å². The molecule has 0 aliphatic heterocycles. The molecule has 1 aromatic rings. The number of nitrogens with zero attached hydrogens (tertiary/aromatic N) is 1. The summed E-state index contributed by atoms with van der Waals surface area (Å²) in [5, 5.41) is 7.24. The van der Waals surface area contributed by atoms with Crippen molar-refractivity contribution in [1.29, 1.82) is 0 Å². The lowest BCUT2D eigenvalue weighted by Crippen LogP contribution is -2.53. The van der Waals surface area contributed by atoms with E-state index in [9.17, 15) is 4.79 Å². The summed E-state index contributed by atoms with van der Waals surface area (Å²) in [6, 6.07) is 0.571. The first kappa shape index (κ1) is 17.3. The van der Waals surface area contributed by atoms with Crippen LogP contribution in [-0.2, 0) is 6.42 Å². The molecule has 2 aliphatic rings. The Bertz CT molecular complexity index is 517. The van der Waals surface area contributed by atoms with Crippen LogP contribution >= 0.6 is 12.4 Å². The summed E-state index contributed by atoms with van der Waals surface area (Å²) >= 11 is 0. The highest BCUT2D eigenvalue weighted by Crippen LogP contribution is 2.39. The van der Waals surface area contributed by atoms with E-state index in [-0.39, 0.29) is 24.4 Å². The van der Waals surface area contributed by atoms with E-state index in [0.29, 0.717) is 35.6 Å². The van der Waals surface area contributed by atoms with Crippen molar-refractivity contribution in [2.24, 2.45) is 17.6 Å². The predicted octanol–water partition coefficient (Wildman–Crippen LogP) is 2.60. The molecule has 0 aromatic carbocycles. The lowest BCUT2D eigenvalue weighted by Gasteiger charge is -2.45. The third-order valence-electron chi connectivity index (χ3n) is 5.17. The number of nitrogens with one attached hydrogen (secondary N) is 1. The van der Waals surface area contributed by atoms with Crippen LogP contribution in [0.25, 0.3) is 0 Å². The molecule has 3 N–H and O–H groups in total. The van der Waals surface area contributed by atoms with Gasteiger partial charge in [0, 0.05) is 12.1 Å². The number of rotatable bonds is 3. The Morgan fingerprint density at radius 3 is 2.59 bits per heavy atom. The first-order chi connectivity index (χ1) is 10.1. The van der Waals surface area contributed by atoms with E-state index in [1.165, 1.54) is 19.3 Å². The molecule has 2 saturated carbocycles. The molecule has 2 unspecified atom stereocenters. The van der Waals surface area contributed by atoms with Crippen LogP contribution in [0, 0.1) is 18.8 Å². The van der Waals surface area contributed by atoms with Crippen LogP contribution in [0.15, 0.2) is 4.52 Å². The molecule has 2 bridgehead atoms. The van der Waals surface area contributed by atoms with Crippen LogP contribution in [0.4, 0.5) is 0 Å². The summed E-state index contributed by atoms with van der Waals surface area (Å²) in [6.45, 7) is 3.79. The van der Waals surface area contributed by atoms with E-state index in [1.54, 1.807) is 6.92 Å².